The first kappa shape index (κ1) is 12.5. The molecule has 1 fully saturated rings. The lowest BCUT2D eigenvalue weighted by Crippen LogP contribution is -2.11. The Kier molecular flexibility index (Phi) is 3.74. The summed E-state index contributed by atoms with van der Waals surface area (Å²) in [6.07, 6.45) is 5.22. The van der Waals surface area contributed by atoms with E-state index < -0.39 is 0 Å². The molecule has 100 valence electrons. The highest BCUT2D eigenvalue weighted by Gasteiger charge is 2.18. The summed E-state index contributed by atoms with van der Waals surface area (Å²) in [6, 6.07) is 10.4. The molecule has 1 aromatic heterocycles. The average molecular weight is 274 g/mol. The van der Waals surface area contributed by atoms with Crippen LogP contribution in [-0.2, 0) is 0 Å². The van der Waals surface area contributed by atoms with Crippen LogP contribution in [0.5, 0.6) is 11.5 Å². The van der Waals surface area contributed by atoms with Crippen LogP contribution in [0, 0.1) is 0 Å². The predicted octanol–water partition coefficient (Wildman–Crippen LogP) is 4.75. The van der Waals surface area contributed by atoms with Gasteiger partial charge in [0.2, 0.25) is 0 Å². The van der Waals surface area contributed by atoms with Gasteiger partial charge in [0.25, 0.3) is 0 Å². The van der Waals surface area contributed by atoms with Crippen molar-refractivity contribution in [1.29, 1.82) is 0 Å². The number of hydrogen-bond donors (Lipinski definition) is 0. The Hall–Kier alpha value is -1.48. The fourth-order valence-corrected chi connectivity index (χ4v) is 3.27. The zero-order valence-corrected chi connectivity index (χ0v) is 11.9. The maximum absolute atomic E-state index is 6.12. The summed E-state index contributed by atoms with van der Waals surface area (Å²) in [4.78, 5) is 1.26. The molecule has 1 heterocycles. The largest absolute Gasteiger partial charge is 0.493 e. The second-order valence-electron chi connectivity index (χ2n) is 4.87. The Morgan fingerprint density at radius 3 is 2.63 bits per heavy atom. The topological polar surface area (TPSA) is 18.5 Å². The van der Waals surface area contributed by atoms with Crippen molar-refractivity contribution in [3.63, 3.8) is 0 Å². The molecule has 2 nitrogen and oxygen atoms in total. The van der Waals surface area contributed by atoms with Crippen molar-refractivity contribution in [2.45, 2.75) is 31.8 Å². The van der Waals surface area contributed by atoms with Gasteiger partial charge in [-0.05, 0) is 60.9 Å². The summed E-state index contributed by atoms with van der Waals surface area (Å²) in [5, 5.41) is 2.09. The van der Waals surface area contributed by atoms with E-state index in [2.05, 4.69) is 29.6 Å². The molecular formula is C16H18O2S. The van der Waals surface area contributed by atoms with Gasteiger partial charge in [0, 0.05) is 4.88 Å². The predicted molar refractivity (Wildman–Crippen MR) is 79.2 cm³/mol. The number of benzene rings is 1. The van der Waals surface area contributed by atoms with Crippen LogP contribution in [0.25, 0.3) is 10.4 Å². The van der Waals surface area contributed by atoms with Crippen LogP contribution in [0.1, 0.15) is 25.7 Å². The molecule has 0 spiro atoms. The molecule has 0 N–H and O–H groups in total. The number of methoxy groups -OCH3 is 1. The molecule has 1 aliphatic rings. The van der Waals surface area contributed by atoms with Crippen molar-refractivity contribution in [3.05, 3.63) is 35.7 Å². The zero-order chi connectivity index (χ0) is 13.1. The Morgan fingerprint density at radius 2 is 1.95 bits per heavy atom. The molecule has 0 bridgehead atoms. The van der Waals surface area contributed by atoms with Crippen molar-refractivity contribution < 1.29 is 9.47 Å². The monoisotopic (exact) mass is 274 g/mol. The highest BCUT2D eigenvalue weighted by Crippen LogP contribution is 2.36. The Balaban J connectivity index is 1.88. The van der Waals surface area contributed by atoms with Gasteiger partial charge in [0.15, 0.2) is 11.5 Å². The van der Waals surface area contributed by atoms with Crippen LogP contribution in [0.2, 0.25) is 0 Å². The Labute approximate surface area is 118 Å². The molecule has 3 rings (SSSR count). The number of ether oxygens (including phenoxy) is 2. The Bertz CT molecular complexity index is 528. The molecule has 1 aliphatic carbocycles. The first-order valence-corrected chi connectivity index (χ1v) is 7.63. The van der Waals surface area contributed by atoms with Crippen molar-refractivity contribution in [1.82, 2.24) is 0 Å². The van der Waals surface area contributed by atoms with Gasteiger partial charge < -0.3 is 9.47 Å². The molecule has 2 aromatic rings. The van der Waals surface area contributed by atoms with E-state index in [1.54, 1.807) is 18.4 Å². The molecule has 0 amide bonds. The smallest absolute Gasteiger partial charge is 0.162 e. The van der Waals surface area contributed by atoms with Crippen LogP contribution in [-0.4, -0.2) is 13.2 Å². The van der Waals surface area contributed by atoms with Gasteiger partial charge in [-0.3, -0.25) is 0 Å². The number of hydrogen-bond acceptors (Lipinski definition) is 3. The lowest BCUT2D eigenvalue weighted by atomic mass is 10.1. The minimum Gasteiger partial charge on any atom is -0.493 e. The molecule has 0 aliphatic heterocycles. The average Bonchev–Trinajstić information content (AvgIpc) is 3.11. The van der Waals surface area contributed by atoms with E-state index in [9.17, 15) is 0 Å². The van der Waals surface area contributed by atoms with Crippen LogP contribution in [0.3, 0.4) is 0 Å². The second kappa shape index (κ2) is 5.66. The van der Waals surface area contributed by atoms with Crippen LogP contribution in [0.4, 0.5) is 0 Å². The van der Waals surface area contributed by atoms with E-state index in [4.69, 9.17) is 9.47 Å². The van der Waals surface area contributed by atoms with Gasteiger partial charge in [0.05, 0.1) is 13.2 Å². The lowest BCUT2D eigenvalue weighted by molar-refractivity contribution is 0.201. The van der Waals surface area contributed by atoms with Crippen LogP contribution < -0.4 is 9.47 Å². The van der Waals surface area contributed by atoms with E-state index in [-0.39, 0.29) is 0 Å². The van der Waals surface area contributed by atoms with Gasteiger partial charge in [-0.1, -0.05) is 6.07 Å². The first-order valence-electron chi connectivity index (χ1n) is 6.75. The summed E-state index contributed by atoms with van der Waals surface area (Å²) < 4.78 is 11.5. The van der Waals surface area contributed by atoms with Crippen molar-refractivity contribution in [2.75, 3.05) is 7.11 Å². The van der Waals surface area contributed by atoms with Gasteiger partial charge >= 0.3 is 0 Å². The molecule has 0 radical (unpaired) electrons. The van der Waals surface area contributed by atoms with E-state index in [1.807, 2.05) is 6.07 Å². The molecule has 3 heteroatoms. The quantitative estimate of drug-likeness (QED) is 0.801. The Morgan fingerprint density at radius 1 is 1.11 bits per heavy atom. The molecule has 0 unspecified atom stereocenters. The summed E-state index contributed by atoms with van der Waals surface area (Å²) in [5.41, 5.74) is 1.20. The lowest BCUT2D eigenvalue weighted by Gasteiger charge is -2.16. The number of thiophene rings is 1. The van der Waals surface area contributed by atoms with E-state index in [0.29, 0.717) is 6.10 Å². The van der Waals surface area contributed by atoms with E-state index in [1.165, 1.54) is 23.3 Å². The van der Waals surface area contributed by atoms with Crippen molar-refractivity contribution in [2.24, 2.45) is 0 Å². The molecular weight excluding hydrogens is 256 g/mol. The van der Waals surface area contributed by atoms with E-state index in [0.717, 1.165) is 24.3 Å². The fraction of sp³-hybridized carbons (Fsp3) is 0.375. The maximum Gasteiger partial charge on any atom is 0.162 e. The standard InChI is InChI=1S/C16H18O2S/c1-17-14-9-8-12(16-7-4-10-19-16)11-15(14)18-13-5-2-3-6-13/h4,7-11,13H,2-3,5-6H2,1H3. The maximum atomic E-state index is 6.12. The molecule has 19 heavy (non-hydrogen) atoms. The molecule has 0 saturated heterocycles. The minimum atomic E-state index is 0.354. The van der Waals surface area contributed by atoms with Crippen molar-refractivity contribution in [3.8, 4) is 21.9 Å². The summed E-state index contributed by atoms with van der Waals surface area (Å²) in [7, 11) is 1.70. The normalized spacial score (nSPS) is 15.6. The highest BCUT2D eigenvalue weighted by molar-refractivity contribution is 7.13. The molecule has 1 saturated carbocycles. The third-order valence-corrected chi connectivity index (χ3v) is 4.48. The highest BCUT2D eigenvalue weighted by atomic mass is 32.1. The molecule has 0 atom stereocenters. The zero-order valence-electron chi connectivity index (χ0n) is 11.1. The third-order valence-electron chi connectivity index (χ3n) is 3.57. The van der Waals surface area contributed by atoms with Gasteiger partial charge in [0.1, 0.15) is 0 Å². The van der Waals surface area contributed by atoms with Gasteiger partial charge in [-0.2, -0.15) is 0 Å². The van der Waals surface area contributed by atoms with Crippen LogP contribution in [0.15, 0.2) is 35.7 Å². The minimum absolute atomic E-state index is 0.354. The molecule has 1 aromatic carbocycles. The van der Waals surface area contributed by atoms with Crippen molar-refractivity contribution >= 4 is 11.3 Å². The van der Waals surface area contributed by atoms with Crippen LogP contribution >= 0.6 is 11.3 Å². The second-order valence-corrected chi connectivity index (χ2v) is 5.81. The first-order chi connectivity index (χ1) is 9.36. The fourth-order valence-electron chi connectivity index (χ4n) is 2.55. The van der Waals surface area contributed by atoms with Gasteiger partial charge in [-0.25, -0.2) is 0 Å². The van der Waals surface area contributed by atoms with Gasteiger partial charge in [-0.15, -0.1) is 11.3 Å². The third kappa shape index (κ3) is 2.76. The SMILES string of the molecule is COc1ccc(-c2cccs2)cc1OC1CCCC1. The summed E-state index contributed by atoms with van der Waals surface area (Å²) in [6.45, 7) is 0. The summed E-state index contributed by atoms with van der Waals surface area (Å²) >= 11 is 1.74. The summed E-state index contributed by atoms with van der Waals surface area (Å²) in [5.74, 6) is 1.70. The van der Waals surface area contributed by atoms with E-state index >= 15 is 0 Å². The number of rotatable bonds is 4.